The van der Waals surface area contributed by atoms with Gasteiger partial charge in [-0.1, -0.05) is 25.1 Å². The van der Waals surface area contributed by atoms with Gasteiger partial charge in [-0.25, -0.2) is 4.79 Å². The Morgan fingerprint density at radius 2 is 1.77 bits per heavy atom. The molecule has 0 radical (unpaired) electrons. The zero-order valence-corrected chi connectivity index (χ0v) is 15.7. The van der Waals surface area contributed by atoms with Crippen LogP contribution in [0.4, 0.5) is 4.79 Å². The highest BCUT2D eigenvalue weighted by Gasteiger charge is 2.19. The third-order valence-corrected chi connectivity index (χ3v) is 4.49. The van der Waals surface area contributed by atoms with Crippen molar-refractivity contribution in [2.75, 3.05) is 45.9 Å². The maximum absolute atomic E-state index is 12.0. The van der Waals surface area contributed by atoms with Crippen molar-refractivity contribution in [1.82, 2.24) is 20.4 Å². The van der Waals surface area contributed by atoms with E-state index >= 15 is 0 Å². The maximum Gasteiger partial charge on any atom is 0.321 e. The third-order valence-electron chi connectivity index (χ3n) is 4.49. The largest absolute Gasteiger partial charge is 0.492 e. The number of carbonyl (C=O) groups excluding carboxylic acids is 2. The van der Waals surface area contributed by atoms with Gasteiger partial charge in [0.15, 0.2) is 0 Å². The van der Waals surface area contributed by atoms with Crippen LogP contribution in [0.1, 0.15) is 20.3 Å². The Labute approximate surface area is 155 Å². The van der Waals surface area contributed by atoms with Gasteiger partial charge in [-0.2, -0.15) is 0 Å². The second kappa shape index (κ2) is 10.8. The number of hydrogen-bond donors (Lipinski definition) is 2. The molecule has 0 bridgehead atoms. The minimum atomic E-state index is -0.416. The summed E-state index contributed by atoms with van der Waals surface area (Å²) in [6.07, 6.45) is 0.831. The standard InChI is InChI=1S/C19H30N4O3/c1-3-16(2)20-19(25)21-18(24)15-23-11-9-22(10-12-23)13-14-26-17-7-5-4-6-8-17/h4-8,16H,3,9-15H2,1-2H3,(H2,20,21,24,25)/t16-/m1/s1. The molecule has 3 amide bonds. The summed E-state index contributed by atoms with van der Waals surface area (Å²) in [4.78, 5) is 28.0. The van der Waals surface area contributed by atoms with E-state index in [2.05, 4.69) is 20.4 Å². The number of imide groups is 1. The topological polar surface area (TPSA) is 73.9 Å². The van der Waals surface area contributed by atoms with Gasteiger partial charge in [0.05, 0.1) is 6.54 Å². The van der Waals surface area contributed by atoms with E-state index in [1.54, 1.807) is 0 Å². The molecule has 0 aromatic heterocycles. The second-order valence-electron chi connectivity index (χ2n) is 6.61. The normalized spacial score (nSPS) is 16.7. The van der Waals surface area contributed by atoms with Crippen molar-refractivity contribution in [2.45, 2.75) is 26.3 Å². The van der Waals surface area contributed by atoms with Crippen LogP contribution in [0, 0.1) is 0 Å². The van der Waals surface area contributed by atoms with E-state index in [9.17, 15) is 9.59 Å². The van der Waals surface area contributed by atoms with Crippen LogP contribution in [0.2, 0.25) is 0 Å². The Bertz CT molecular complexity index is 559. The summed E-state index contributed by atoms with van der Waals surface area (Å²) in [6.45, 7) is 9.07. The first kappa shape index (κ1) is 20.2. The average molecular weight is 362 g/mol. The monoisotopic (exact) mass is 362 g/mol. The molecule has 2 N–H and O–H groups in total. The zero-order valence-electron chi connectivity index (χ0n) is 15.7. The highest BCUT2D eigenvalue weighted by Crippen LogP contribution is 2.08. The van der Waals surface area contributed by atoms with Gasteiger partial charge in [0.2, 0.25) is 5.91 Å². The molecule has 0 aliphatic carbocycles. The van der Waals surface area contributed by atoms with Gasteiger partial charge >= 0.3 is 6.03 Å². The highest BCUT2D eigenvalue weighted by molar-refractivity contribution is 5.95. The number of para-hydroxylation sites is 1. The Hall–Kier alpha value is -2.12. The lowest BCUT2D eigenvalue weighted by molar-refractivity contribution is -0.121. The van der Waals surface area contributed by atoms with E-state index in [1.165, 1.54) is 0 Å². The average Bonchev–Trinajstić information content (AvgIpc) is 2.63. The van der Waals surface area contributed by atoms with Gasteiger partial charge in [-0.15, -0.1) is 0 Å². The molecule has 0 unspecified atom stereocenters. The zero-order chi connectivity index (χ0) is 18.8. The fourth-order valence-electron chi connectivity index (χ4n) is 2.71. The molecular weight excluding hydrogens is 332 g/mol. The molecule has 1 aromatic carbocycles. The van der Waals surface area contributed by atoms with Crippen LogP contribution in [0.15, 0.2) is 30.3 Å². The van der Waals surface area contributed by atoms with E-state index in [1.807, 2.05) is 44.2 Å². The number of carbonyl (C=O) groups is 2. The fourth-order valence-corrected chi connectivity index (χ4v) is 2.71. The van der Waals surface area contributed by atoms with Crippen molar-refractivity contribution in [2.24, 2.45) is 0 Å². The number of ether oxygens (including phenoxy) is 1. The Morgan fingerprint density at radius 1 is 1.12 bits per heavy atom. The first-order valence-electron chi connectivity index (χ1n) is 9.29. The maximum atomic E-state index is 12.0. The van der Waals surface area contributed by atoms with Crippen molar-refractivity contribution in [3.05, 3.63) is 30.3 Å². The first-order chi connectivity index (χ1) is 12.6. The molecule has 1 fully saturated rings. The molecule has 1 heterocycles. The van der Waals surface area contributed by atoms with Crippen molar-refractivity contribution in [3.63, 3.8) is 0 Å². The van der Waals surface area contributed by atoms with Crippen molar-refractivity contribution in [3.8, 4) is 5.75 Å². The van der Waals surface area contributed by atoms with Crippen molar-refractivity contribution < 1.29 is 14.3 Å². The summed E-state index contributed by atoms with van der Waals surface area (Å²) in [7, 11) is 0. The number of hydrogen-bond acceptors (Lipinski definition) is 5. The highest BCUT2D eigenvalue weighted by atomic mass is 16.5. The fraction of sp³-hybridized carbons (Fsp3) is 0.579. The molecule has 26 heavy (non-hydrogen) atoms. The number of nitrogens with one attached hydrogen (secondary N) is 2. The molecule has 1 saturated heterocycles. The van der Waals surface area contributed by atoms with Crippen molar-refractivity contribution >= 4 is 11.9 Å². The van der Waals surface area contributed by atoms with Gasteiger partial charge in [0.1, 0.15) is 12.4 Å². The van der Waals surface area contributed by atoms with Gasteiger partial charge < -0.3 is 10.1 Å². The van der Waals surface area contributed by atoms with Crippen LogP contribution in [-0.2, 0) is 4.79 Å². The number of rotatable bonds is 8. The summed E-state index contributed by atoms with van der Waals surface area (Å²) >= 11 is 0. The molecular formula is C19H30N4O3. The van der Waals surface area contributed by atoms with Crippen LogP contribution in [0.25, 0.3) is 0 Å². The summed E-state index contributed by atoms with van der Waals surface area (Å²) < 4.78 is 5.72. The number of urea groups is 1. The van der Waals surface area contributed by atoms with Crippen LogP contribution in [0.3, 0.4) is 0 Å². The molecule has 0 spiro atoms. The van der Waals surface area contributed by atoms with Crippen LogP contribution in [0.5, 0.6) is 5.75 Å². The molecule has 144 valence electrons. The molecule has 1 aromatic rings. The molecule has 7 heteroatoms. The smallest absolute Gasteiger partial charge is 0.321 e. The van der Waals surface area contributed by atoms with Gasteiger partial charge in [0.25, 0.3) is 0 Å². The van der Waals surface area contributed by atoms with Gasteiger partial charge in [-0.05, 0) is 25.5 Å². The summed E-state index contributed by atoms with van der Waals surface area (Å²) in [5.41, 5.74) is 0. The number of benzene rings is 1. The minimum Gasteiger partial charge on any atom is -0.492 e. The second-order valence-corrected chi connectivity index (χ2v) is 6.61. The Morgan fingerprint density at radius 3 is 2.42 bits per heavy atom. The number of nitrogens with zero attached hydrogens (tertiary/aromatic N) is 2. The third kappa shape index (κ3) is 7.41. The molecule has 1 atom stereocenters. The van der Waals surface area contributed by atoms with Crippen LogP contribution < -0.4 is 15.4 Å². The lowest BCUT2D eigenvalue weighted by Crippen LogP contribution is -2.52. The van der Waals surface area contributed by atoms with Gasteiger partial charge in [0, 0.05) is 38.8 Å². The molecule has 0 saturated carbocycles. The molecule has 1 aliphatic rings. The van der Waals surface area contributed by atoms with Crippen LogP contribution in [-0.4, -0.2) is 73.7 Å². The van der Waals surface area contributed by atoms with Crippen molar-refractivity contribution in [1.29, 1.82) is 0 Å². The lowest BCUT2D eigenvalue weighted by atomic mass is 10.3. The summed E-state index contributed by atoms with van der Waals surface area (Å²) in [5.74, 6) is 0.630. The molecule has 7 nitrogen and oxygen atoms in total. The minimum absolute atomic E-state index is 0.0597. The van der Waals surface area contributed by atoms with E-state index in [4.69, 9.17) is 4.74 Å². The Kier molecular flexibility index (Phi) is 8.37. The van der Waals surface area contributed by atoms with Crippen LogP contribution >= 0.6 is 0 Å². The number of amides is 3. The SMILES string of the molecule is CC[C@@H](C)NC(=O)NC(=O)CN1CCN(CCOc2ccccc2)CC1. The molecule has 1 aliphatic heterocycles. The van der Waals surface area contributed by atoms with E-state index in [0.717, 1.165) is 44.9 Å². The summed E-state index contributed by atoms with van der Waals surface area (Å²) in [5, 5.41) is 5.12. The predicted octanol–water partition coefficient (Wildman–Crippen LogP) is 1.31. The van der Waals surface area contributed by atoms with E-state index in [0.29, 0.717) is 6.61 Å². The van der Waals surface area contributed by atoms with E-state index < -0.39 is 6.03 Å². The predicted molar refractivity (Wildman–Crippen MR) is 101 cm³/mol. The van der Waals surface area contributed by atoms with E-state index in [-0.39, 0.29) is 18.5 Å². The number of piperazine rings is 1. The lowest BCUT2D eigenvalue weighted by Gasteiger charge is -2.34. The molecule has 2 rings (SSSR count). The Balaban J connectivity index is 1.59. The quantitative estimate of drug-likeness (QED) is 0.729. The summed E-state index contributed by atoms with van der Waals surface area (Å²) in [6, 6.07) is 9.44. The van der Waals surface area contributed by atoms with Gasteiger partial charge in [-0.3, -0.25) is 19.9 Å². The first-order valence-corrected chi connectivity index (χ1v) is 9.29.